The summed E-state index contributed by atoms with van der Waals surface area (Å²) in [5.41, 5.74) is 0. The number of aliphatic hydroxyl groups excluding tert-OH is 3. The first-order valence-corrected chi connectivity index (χ1v) is 7.79. The summed E-state index contributed by atoms with van der Waals surface area (Å²) in [6, 6.07) is -0.918. The number of amides is 1. The summed E-state index contributed by atoms with van der Waals surface area (Å²) in [7, 11) is 0. The molecule has 0 aromatic heterocycles. The van der Waals surface area contributed by atoms with Crippen LogP contribution in [0.5, 0.6) is 0 Å². The van der Waals surface area contributed by atoms with Crippen molar-refractivity contribution in [1.82, 2.24) is 5.32 Å². The molecule has 0 aliphatic carbocycles. The van der Waals surface area contributed by atoms with E-state index in [0.717, 1.165) is 12.8 Å². The molecule has 24 heavy (non-hydrogen) atoms. The molecule has 1 heterocycles. The van der Waals surface area contributed by atoms with Gasteiger partial charge in [0.25, 0.3) is 0 Å². The van der Waals surface area contributed by atoms with Crippen molar-refractivity contribution in [3.63, 3.8) is 0 Å². The van der Waals surface area contributed by atoms with E-state index in [1.807, 2.05) is 6.92 Å². The average molecular weight is 347 g/mol. The van der Waals surface area contributed by atoms with Crippen LogP contribution in [0, 0.1) is 0 Å². The van der Waals surface area contributed by atoms with Crippen molar-refractivity contribution in [3.05, 3.63) is 11.8 Å². The van der Waals surface area contributed by atoms with Crippen LogP contribution in [0.2, 0.25) is 0 Å². The van der Waals surface area contributed by atoms with Crippen LogP contribution < -0.4 is 5.32 Å². The van der Waals surface area contributed by atoms with E-state index in [0.29, 0.717) is 6.61 Å². The molecule has 0 saturated heterocycles. The summed E-state index contributed by atoms with van der Waals surface area (Å²) in [5, 5.41) is 40.5. The molecule has 0 fully saturated rings. The zero-order chi connectivity index (χ0) is 18.3. The monoisotopic (exact) mass is 347 g/mol. The lowest BCUT2D eigenvalue weighted by Gasteiger charge is -2.39. The predicted octanol–water partition coefficient (Wildman–Crippen LogP) is -1.24. The van der Waals surface area contributed by atoms with Crippen molar-refractivity contribution in [2.45, 2.75) is 57.1 Å². The highest BCUT2D eigenvalue weighted by Crippen LogP contribution is 2.25. The number of aliphatic carboxylic acids is 1. The van der Waals surface area contributed by atoms with E-state index in [1.54, 1.807) is 0 Å². The zero-order valence-corrected chi connectivity index (χ0v) is 13.7. The zero-order valence-electron chi connectivity index (χ0n) is 13.7. The first kappa shape index (κ1) is 20.4. The molecule has 1 unspecified atom stereocenters. The van der Waals surface area contributed by atoms with Gasteiger partial charge in [-0.05, 0) is 12.5 Å². The molecule has 0 spiro atoms. The van der Waals surface area contributed by atoms with E-state index < -0.39 is 54.7 Å². The minimum absolute atomic E-state index is 0.325. The van der Waals surface area contributed by atoms with Gasteiger partial charge in [0.05, 0.1) is 12.6 Å². The van der Waals surface area contributed by atoms with Gasteiger partial charge in [0.1, 0.15) is 18.3 Å². The number of hydrogen-bond acceptors (Lipinski definition) is 7. The SMILES string of the molecule is CCCCO[C@H]1C=C(C(=O)O)O[C@@H]([C@H](O)C(O)CO)[C@@H]1NC(C)=O. The third-order valence-electron chi connectivity index (χ3n) is 3.59. The molecule has 1 aliphatic heterocycles. The Morgan fingerprint density at radius 2 is 2.08 bits per heavy atom. The topological polar surface area (TPSA) is 146 Å². The molecular weight excluding hydrogens is 322 g/mol. The first-order chi connectivity index (χ1) is 11.3. The second-order valence-electron chi connectivity index (χ2n) is 5.57. The Hall–Kier alpha value is -1.68. The van der Waals surface area contributed by atoms with E-state index in [1.165, 1.54) is 13.0 Å². The molecule has 0 saturated carbocycles. The van der Waals surface area contributed by atoms with Crippen LogP contribution in [0.4, 0.5) is 0 Å². The fraction of sp³-hybridized carbons (Fsp3) is 0.733. The molecule has 9 heteroatoms. The van der Waals surface area contributed by atoms with Gasteiger partial charge in [-0.1, -0.05) is 13.3 Å². The van der Waals surface area contributed by atoms with E-state index in [-0.39, 0.29) is 0 Å². The number of carbonyl (C=O) groups excluding carboxylic acids is 1. The number of carboxylic acids is 1. The van der Waals surface area contributed by atoms with Crippen LogP contribution in [0.25, 0.3) is 0 Å². The molecule has 0 aromatic rings. The highest BCUT2D eigenvalue weighted by atomic mass is 16.5. The molecular formula is C15H25NO8. The van der Waals surface area contributed by atoms with Crippen LogP contribution in [-0.2, 0) is 19.1 Å². The number of ether oxygens (including phenoxy) is 2. The van der Waals surface area contributed by atoms with Gasteiger partial charge in [-0.3, -0.25) is 4.79 Å². The van der Waals surface area contributed by atoms with Crippen molar-refractivity contribution < 1.29 is 39.5 Å². The number of carbonyl (C=O) groups is 2. The number of carboxylic acid groups (broad SMARTS) is 1. The van der Waals surface area contributed by atoms with Crippen LogP contribution >= 0.6 is 0 Å². The second kappa shape index (κ2) is 9.58. The minimum Gasteiger partial charge on any atom is -0.478 e. The molecule has 0 bridgehead atoms. The molecule has 0 radical (unpaired) electrons. The summed E-state index contributed by atoms with van der Waals surface area (Å²) in [4.78, 5) is 22.7. The largest absolute Gasteiger partial charge is 0.478 e. The standard InChI is InChI=1S/C15H25NO8/c1-3-4-5-23-10-6-11(15(21)22)24-14(12(10)16-8(2)18)13(20)9(19)7-17/h6,9-10,12-14,17,19-20H,3-5,7H2,1-2H3,(H,16,18)(H,21,22)/t9?,10-,12+,13+,14+/m0/s1. The molecule has 5 N–H and O–H groups in total. The van der Waals surface area contributed by atoms with Crippen molar-refractivity contribution in [3.8, 4) is 0 Å². The lowest BCUT2D eigenvalue weighted by atomic mass is 9.93. The van der Waals surface area contributed by atoms with E-state index >= 15 is 0 Å². The maximum atomic E-state index is 11.5. The maximum absolute atomic E-state index is 11.5. The minimum atomic E-state index is -1.62. The smallest absolute Gasteiger partial charge is 0.370 e. The fourth-order valence-electron chi connectivity index (χ4n) is 2.34. The maximum Gasteiger partial charge on any atom is 0.370 e. The summed E-state index contributed by atoms with van der Waals surface area (Å²) in [5.74, 6) is -2.25. The van der Waals surface area contributed by atoms with Crippen LogP contribution in [0.1, 0.15) is 26.7 Å². The third-order valence-corrected chi connectivity index (χ3v) is 3.59. The summed E-state index contributed by atoms with van der Waals surface area (Å²) < 4.78 is 10.8. The molecule has 9 nitrogen and oxygen atoms in total. The highest BCUT2D eigenvalue weighted by molar-refractivity contribution is 5.84. The Morgan fingerprint density at radius 3 is 2.58 bits per heavy atom. The van der Waals surface area contributed by atoms with Crippen molar-refractivity contribution in [1.29, 1.82) is 0 Å². The van der Waals surface area contributed by atoms with Gasteiger partial charge in [-0.25, -0.2) is 4.79 Å². The Balaban J connectivity index is 3.10. The van der Waals surface area contributed by atoms with Gasteiger partial charge >= 0.3 is 5.97 Å². The van der Waals surface area contributed by atoms with Crippen LogP contribution in [0.3, 0.4) is 0 Å². The molecule has 1 amide bonds. The fourth-order valence-corrected chi connectivity index (χ4v) is 2.34. The molecule has 0 aromatic carbocycles. The average Bonchev–Trinajstić information content (AvgIpc) is 2.54. The Labute approximate surface area is 139 Å². The molecule has 1 aliphatic rings. The Bertz CT molecular complexity index is 466. The van der Waals surface area contributed by atoms with E-state index in [4.69, 9.17) is 19.7 Å². The predicted molar refractivity (Wildman–Crippen MR) is 81.9 cm³/mol. The highest BCUT2D eigenvalue weighted by Gasteiger charge is 2.43. The molecule has 138 valence electrons. The quantitative estimate of drug-likeness (QED) is 0.326. The number of unbranched alkanes of at least 4 members (excludes halogenated alkanes) is 1. The first-order valence-electron chi connectivity index (χ1n) is 7.79. The van der Waals surface area contributed by atoms with Crippen LogP contribution in [-0.4, -0.2) is 76.0 Å². The van der Waals surface area contributed by atoms with Gasteiger partial charge in [-0.15, -0.1) is 0 Å². The lowest BCUT2D eigenvalue weighted by Crippen LogP contribution is -2.60. The Morgan fingerprint density at radius 1 is 1.42 bits per heavy atom. The Kier molecular flexibility index (Phi) is 8.13. The number of rotatable bonds is 9. The van der Waals surface area contributed by atoms with Gasteiger partial charge < -0.3 is 35.2 Å². The number of aliphatic hydroxyl groups is 3. The summed E-state index contributed by atoms with van der Waals surface area (Å²) in [6.45, 7) is 2.79. The van der Waals surface area contributed by atoms with Crippen molar-refractivity contribution in [2.75, 3.05) is 13.2 Å². The van der Waals surface area contributed by atoms with Crippen molar-refractivity contribution >= 4 is 11.9 Å². The normalized spacial score (nSPS) is 26.0. The second-order valence-corrected chi connectivity index (χ2v) is 5.57. The number of hydrogen-bond donors (Lipinski definition) is 5. The summed E-state index contributed by atoms with van der Waals surface area (Å²) in [6.07, 6.45) is -2.52. The summed E-state index contributed by atoms with van der Waals surface area (Å²) >= 11 is 0. The van der Waals surface area contributed by atoms with E-state index in [2.05, 4.69) is 5.32 Å². The number of nitrogens with one attached hydrogen (secondary N) is 1. The lowest BCUT2D eigenvalue weighted by molar-refractivity contribution is -0.151. The van der Waals surface area contributed by atoms with Gasteiger partial charge in [-0.2, -0.15) is 0 Å². The molecule has 1 rings (SSSR count). The van der Waals surface area contributed by atoms with Gasteiger partial charge in [0, 0.05) is 13.5 Å². The van der Waals surface area contributed by atoms with Gasteiger partial charge in [0.2, 0.25) is 11.7 Å². The van der Waals surface area contributed by atoms with Gasteiger partial charge in [0.15, 0.2) is 6.10 Å². The van der Waals surface area contributed by atoms with Crippen molar-refractivity contribution in [2.24, 2.45) is 0 Å². The van der Waals surface area contributed by atoms with E-state index in [9.17, 15) is 19.8 Å². The molecule has 5 atom stereocenters. The third kappa shape index (κ3) is 5.45. The van der Waals surface area contributed by atoms with Crippen LogP contribution in [0.15, 0.2) is 11.8 Å².